The Morgan fingerprint density at radius 3 is 2.49 bits per heavy atom. The third-order valence-electron chi connectivity index (χ3n) is 4.81. The first-order chi connectivity index (χ1) is 16.2. The van der Waals surface area contributed by atoms with E-state index in [1.807, 2.05) is 4.90 Å². The van der Waals surface area contributed by atoms with Crippen LogP contribution in [-0.4, -0.2) is 75.0 Å². The van der Waals surface area contributed by atoms with Gasteiger partial charge < -0.3 is 28.2 Å². The Balaban J connectivity index is 0.00000432. The minimum atomic E-state index is -4.55. The Kier molecular flexibility index (Phi) is 10.2. The predicted octanol–water partition coefficient (Wildman–Crippen LogP) is -2.18. The Labute approximate surface area is 224 Å². The molecular weight excluding hydrogens is 491 g/mol. The minimum Gasteiger partial charge on any atom is -0.748 e. The predicted molar refractivity (Wildman–Crippen MR) is 121 cm³/mol. The molecule has 3 heterocycles. The monoisotopic (exact) mass is 514 g/mol. The van der Waals surface area contributed by atoms with E-state index in [0.29, 0.717) is 37.9 Å². The standard InChI is InChI=1S/C20H24N6O7S.Na/c1-21-19-16(12-15-5-6-18(33-15)25(7-9-31-3)8-10-32-4)20(27)26(23-19)17-11-14(24(2)22-17)13-34(28,29)30;/h5-6,11-12H,7-10,13H2,2-4H3,(H,28,29,30);/q;+1/p-1/b16-12-;. The molecule has 0 saturated carbocycles. The second-order valence-corrected chi connectivity index (χ2v) is 8.58. The number of hydrogen-bond acceptors (Lipinski definition) is 10. The fourth-order valence-corrected chi connectivity index (χ4v) is 3.78. The summed E-state index contributed by atoms with van der Waals surface area (Å²) in [7, 11) is 0.0785. The summed E-state index contributed by atoms with van der Waals surface area (Å²) in [5, 5.41) is 8.93. The summed E-state index contributed by atoms with van der Waals surface area (Å²) in [6.45, 7) is 9.46. The number of carbonyl (C=O) groups excluding carboxylic acids is 1. The maximum Gasteiger partial charge on any atom is 1.00 e. The van der Waals surface area contributed by atoms with Crippen molar-refractivity contribution in [1.29, 1.82) is 0 Å². The zero-order valence-electron chi connectivity index (χ0n) is 19.8. The van der Waals surface area contributed by atoms with Crippen LogP contribution in [0.2, 0.25) is 0 Å². The number of methoxy groups -OCH3 is 2. The van der Waals surface area contributed by atoms with Crippen LogP contribution in [0.25, 0.3) is 10.9 Å². The van der Waals surface area contributed by atoms with E-state index in [1.165, 1.54) is 23.9 Å². The summed E-state index contributed by atoms with van der Waals surface area (Å²) < 4.78 is 50.5. The third-order valence-corrected chi connectivity index (χ3v) is 5.46. The largest absolute Gasteiger partial charge is 1.00 e. The molecule has 1 aliphatic heterocycles. The average Bonchev–Trinajstić information content (AvgIpc) is 3.46. The number of hydrazone groups is 1. The number of rotatable bonds is 11. The van der Waals surface area contributed by atoms with Gasteiger partial charge in [0.05, 0.1) is 30.2 Å². The fourth-order valence-electron chi connectivity index (χ4n) is 3.14. The van der Waals surface area contributed by atoms with E-state index in [4.69, 9.17) is 20.5 Å². The zero-order chi connectivity index (χ0) is 24.9. The van der Waals surface area contributed by atoms with Crippen molar-refractivity contribution in [1.82, 2.24) is 9.78 Å². The van der Waals surface area contributed by atoms with Crippen LogP contribution in [0.1, 0.15) is 11.5 Å². The SMILES string of the molecule is [C-]#[N+]C1=NN(c2cc(CS(=O)(=O)[O-])n(C)n2)C(=O)/C1=C\c1ccc(N(CCOC)CCOC)o1.[Na+]. The molecule has 1 amide bonds. The van der Waals surface area contributed by atoms with Crippen LogP contribution in [0, 0.1) is 6.57 Å². The first kappa shape index (κ1) is 28.7. The van der Waals surface area contributed by atoms with Gasteiger partial charge in [-0.15, -0.1) is 0 Å². The van der Waals surface area contributed by atoms with Gasteiger partial charge in [0.1, 0.15) is 15.9 Å². The van der Waals surface area contributed by atoms with Gasteiger partial charge >= 0.3 is 35.4 Å². The second-order valence-electron chi connectivity index (χ2n) is 7.18. The Morgan fingerprint density at radius 1 is 1.26 bits per heavy atom. The average molecular weight is 514 g/mol. The van der Waals surface area contributed by atoms with Crippen molar-refractivity contribution in [2.75, 3.05) is 50.4 Å². The number of hydrogen-bond donors (Lipinski definition) is 0. The van der Waals surface area contributed by atoms with Gasteiger partial charge in [0.2, 0.25) is 0 Å². The number of amides is 1. The van der Waals surface area contributed by atoms with Crippen molar-refractivity contribution in [3.05, 3.63) is 46.6 Å². The summed E-state index contributed by atoms with van der Waals surface area (Å²) in [6, 6.07) is 4.65. The number of carbonyl (C=O) groups is 1. The van der Waals surface area contributed by atoms with E-state index >= 15 is 0 Å². The number of amidine groups is 1. The van der Waals surface area contributed by atoms with Crippen molar-refractivity contribution < 1.29 is 61.2 Å². The van der Waals surface area contributed by atoms with Crippen molar-refractivity contribution in [3.8, 4) is 0 Å². The van der Waals surface area contributed by atoms with Gasteiger partial charge in [-0.05, 0) is 17.2 Å². The van der Waals surface area contributed by atoms with Gasteiger partial charge in [0.25, 0.3) is 5.91 Å². The molecule has 0 atom stereocenters. The van der Waals surface area contributed by atoms with Crippen LogP contribution in [0.15, 0.2) is 33.3 Å². The van der Waals surface area contributed by atoms with Gasteiger partial charge in [0, 0.05) is 46.5 Å². The molecule has 0 radical (unpaired) electrons. The van der Waals surface area contributed by atoms with Crippen LogP contribution in [0.4, 0.5) is 11.7 Å². The number of aromatic nitrogens is 2. The minimum absolute atomic E-state index is 0. The molecule has 182 valence electrons. The molecule has 35 heavy (non-hydrogen) atoms. The van der Waals surface area contributed by atoms with Gasteiger partial charge in [-0.25, -0.2) is 8.42 Å². The van der Waals surface area contributed by atoms with Crippen LogP contribution < -0.4 is 39.5 Å². The number of aryl methyl sites for hydroxylation is 1. The number of ether oxygens (including phenoxy) is 2. The summed E-state index contributed by atoms with van der Waals surface area (Å²) in [5.41, 5.74) is 0.0672. The molecule has 2 aromatic heterocycles. The first-order valence-corrected chi connectivity index (χ1v) is 11.6. The van der Waals surface area contributed by atoms with E-state index in [1.54, 1.807) is 26.4 Å². The smallest absolute Gasteiger partial charge is 0.748 e. The molecule has 0 bridgehead atoms. The van der Waals surface area contributed by atoms with Crippen LogP contribution in [0.5, 0.6) is 0 Å². The number of nitrogens with zero attached hydrogens (tertiary/aromatic N) is 6. The first-order valence-electron chi connectivity index (χ1n) is 9.98. The quantitative estimate of drug-likeness (QED) is 0.141. The van der Waals surface area contributed by atoms with E-state index in [2.05, 4.69) is 15.0 Å². The fraction of sp³-hybridized carbons (Fsp3) is 0.400. The Bertz CT molecular complexity index is 1250. The van der Waals surface area contributed by atoms with E-state index in [9.17, 15) is 17.8 Å². The molecule has 0 saturated heterocycles. The molecule has 3 rings (SSSR count). The van der Waals surface area contributed by atoms with Gasteiger partial charge in [-0.1, -0.05) is 11.6 Å². The summed E-state index contributed by atoms with van der Waals surface area (Å²) in [6.07, 6.45) is 1.40. The normalized spacial score (nSPS) is 14.7. The Hall–Kier alpha value is -2.51. The number of anilines is 2. The second kappa shape index (κ2) is 12.5. The van der Waals surface area contributed by atoms with Gasteiger partial charge in [0.15, 0.2) is 11.7 Å². The van der Waals surface area contributed by atoms with Crippen LogP contribution in [0.3, 0.4) is 0 Å². The molecule has 0 spiro atoms. The van der Waals surface area contributed by atoms with E-state index < -0.39 is 21.8 Å². The van der Waals surface area contributed by atoms with Crippen molar-refractivity contribution >= 4 is 39.6 Å². The number of furan rings is 1. The zero-order valence-corrected chi connectivity index (χ0v) is 22.6. The van der Waals surface area contributed by atoms with Gasteiger partial charge in [-0.2, -0.15) is 5.10 Å². The molecular formula is C20H23N6NaO7S. The molecule has 0 aromatic carbocycles. The molecule has 0 unspecified atom stereocenters. The van der Waals surface area contributed by atoms with Crippen molar-refractivity contribution in [2.24, 2.45) is 12.1 Å². The van der Waals surface area contributed by atoms with Crippen molar-refractivity contribution in [3.63, 3.8) is 0 Å². The Morgan fingerprint density at radius 2 is 1.91 bits per heavy atom. The van der Waals surface area contributed by atoms with Gasteiger partial charge in [-0.3, -0.25) is 9.48 Å². The van der Waals surface area contributed by atoms with E-state index in [-0.39, 0.29) is 52.5 Å². The molecule has 13 nitrogen and oxygen atoms in total. The molecule has 15 heteroatoms. The maximum absolute atomic E-state index is 13.0. The van der Waals surface area contributed by atoms with Crippen LogP contribution >= 0.6 is 0 Å². The molecule has 1 aliphatic rings. The summed E-state index contributed by atoms with van der Waals surface area (Å²) in [4.78, 5) is 18.2. The summed E-state index contributed by atoms with van der Waals surface area (Å²) in [5.74, 6) is -0.760. The van der Waals surface area contributed by atoms with Crippen LogP contribution in [-0.2, 0) is 37.2 Å². The molecule has 0 N–H and O–H groups in total. The van der Waals surface area contributed by atoms with Crippen molar-refractivity contribution in [2.45, 2.75) is 5.75 Å². The molecule has 0 aliphatic carbocycles. The summed E-state index contributed by atoms with van der Waals surface area (Å²) >= 11 is 0. The molecule has 0 fully saturated rings. The topological polar surface area (TPSA) is 147 Å². The van der Waals surface area contributed by atoms with E-state index in [0.717, 1.165) is 5.01 Å². The maximum atomic E-state index is 13.0. The third kappa shape index (κ3) is 7.24. The molecule has 2 aromatic rings.